The summed E-state index contributed by atoms with van der Waals surface area (Å²) >= 11 is 0. The van der Waals surface area contributed by atoms with Crippen LogP contribution in [0.5, 0.6) is 0 Å². The number of likely N-dealkylation sites (tertiary alicyclic amines) is 1. The van der Waals surface area contributed by atoms with Gasteiger partial charge in [-0.25, -0.2) is 0 Å². The second-order valence-electron chi connectivity index (χ2n) is 9.45. The highest BCUT2D eigenvalue weighted by atomic mass is 16.6. The maximum Gasteiger partial charge on any atom is 0.310 e. The van der Waals surface area contributed by atoms with Crippen molar-refractivity contribution in [2.45, 2.75) is 64.4 Å². The van der Waals surface area contributed by atoms with Crippen molar-refractivity contribution in [3.63, 3.8) is 0 Å². The van der Waals surface area contributed by atoms with E-state index in [2.05, 4.69) is 18.8 Å². The van der Waals surface area contributed by atoms with E-state index in [-0.39, 0.29) is 29.3 Å². The van der Waals surface area contributed by atoms with Crippen molar-refractivity contribution in [3.8, 4) is 0 Å². The SMILES string of the molecule is C=C1CCC[C@]2(C)C[C@H]3OC(=O)[C@@H](CNCCCN4CCCC4=O)[C@H]3C[C@H]12. The highest BCUT2D eigenvalue weighted by Crippen LogP contribution is 2.56. The summed E-state index contributed by atoms with van der Waals surface area (Å²) in [6, 6.07) is 0. The molecular weight excluding hydrogens is 340 g/mol. The van der Waals surface area contributed by atoms with Crippen LogP contribution >= 0.6 is 0 Å². The van der Waals surface area contributed by atoms with E-state index in [1.54, 1.807) is 0 Å². The van der Waals surface area contributed by atoms with Gasteiger partial charge in [0.15, 0.2) is 0 Å². The van der Waals surface area contributed by atoms with Gasteiger partial charge in [0.25, 0.3) is 0 Å². The Balaban J connectivity index is 1.28. The minimum absolute atomic E-state index is 0.0138. The molecule has 5 atom stereocenters. The molecule has 5 nitrogen and oxygen atoms in total. The Morgan fingerprint density at radius 2 is 2.15 bits per heavy atom. The van der Waals surface area contributed by atoms with E-state index < -0.39 is 0 Å². The molecule has 2 aliphatic carbocycles. The van der Waals surface area contributed by atoms with Crippen LogP contribution in [0.3, 0.4) is 0 Å². The number of allylic oxidation sites excluding steroid dienone is 1. The molecule has 0 aromatic rings. The van der Waals surface area contributed by atoms with Crippen LogP contribution in [0.4, 0.5) is 0 Å². The molecule has 0 radical (unpaired) electrons. The summed E-state index contributed by atoms with van der Waals surface area (Å²) < 4.78 is 5.82. The number of esters is 1. The molecule has 1 amide bonds. The Morgan fingerprint density at radius 3 is 2.93 bits per heavy atom. The second kappa shape index (κ2) is 7.57. The van der Waals surface area contributed by atoms with Gasteiger partial charge in [0.1, 0.15) is 6.10 Å². The Kier molecular flexibility index (Phi) is 5.32. The first-order valence-electron chi connectivity index (χ1n) is 10.8. The Morgan fingerprint density at radius 1 is 1.30 bits per heavy atom. The summed E-state index contributed by atoms with van der Waals surface area (Å²) in [5.74, 6) is 1.13. The van der Waals surface area contributed by atoms with Crippen molar-refractivity contribution in [1.29, 1.82) is 0 Å². The molecule has 0 bridgehead atoms. The van der Waals surface area contributed by atoms with Crippen LogP contribution in [-0.4, -0.2) is 49.1 Å². The van der Waals surface area contributed by atoms with Gasteiger partial charge in [-0.15, -0.1) is 0 Å². The zero-order valence-electron chi connectivity index (χ0n) is 16.7. The molecule has 2 saturated heterocycles. The highest BCUT2D eigenvalue weighted by molar-refractivity contribution is 5.78. The van der Waals surface area contributed by atoms with Crippen molar-refractivity contribution >= 4 is 11.9 Å². The van der Waals surface area contributed by atoms with E-state index in [9.17, 15) is 9.59 Å². The fourth-order valence-electron chi connectivity index (χ4n) is 6.08. The quantitative estimate of drug-likeness (QED) is 0.441. The summed E-state index contributed by atoms with van der Waals surface area (Å²) in [7, 11) is 0. The molecule has 27 heavy (non-hydrogen) atoms. The van der Waals surface area contributed by atoms with Crippen LogP contribution in [0.25, 0.3) is 0 Å². The van der Waals surface area contributed by atoms with Crippen LogP contribution in [0, 0.1) is 23.2 Å². The molecule has 0 aromatic heterocycles. The first-order valence-corrected chi connectivity index (χ1v) is 10.8. The zero-order valence-corrected chi connectivity index (χ0v) is 16.7. The standard InChI is InChI=1S/C22H34N2O3/c1-15-6-3-8-22(2)13-19-16(12-18(15)22)17(21(26)27-19)14-23-9-5-11-24-10-4-7-20(24)25/h16-19,23H,1,3-14H2,2H3/t16-,17+,18-,19-,22-/m1/s1. The van der Waals surface area contributed by atoms with Crippen molar-refractivity contribution in [3.05, 3.63) is 12.2 Å². The fraction of sp³-hybridized carbons (Fsp3) is 0.818. The van der Waals surface area contributed by atoms with E-state index in [0.717, 1.165) is 51.7 Å². The van der Waals surface area contributed by atoms with Crippen molar-refractivity contribution in [2.24, 2.45) is 23.2 Å². The number of nitrogens with one attached hydrogen (secondary N) is 1. The lowest BCUT2D eigenvalue weighted by Crippen LogP contribution is -2.45. The molecule has 2 saturated carbocycles. The molecule has 150 valence electrons. The van der Waals surface area contributed by atoms with Crippen molar-refractivity contribution in [2.75, 3.05) is 26.2 Å². The molecule has 2 aliphatic heterocycles. The summed E-state index contributed by atoms with van der Waals surface area (Å²) in [6.45, 7) is 10.0. The van der Waals surface area contributed by atoms with Crippen LogP contribution in [0.1, 0.15) is 58.3 Å². The van der Waals surface area contributed by atoms with E-state index >= 15 is 0 Å². The third kappa shape index (κ3) is 3.67. The van der Waals surface area contributed by atoms with Crippen LogP contribution in [0.15, 0.2) is 12.2 Å². The van der Waals surface area contributed by atoms with Crippen molar-refractivity contribution < 1.29 is 14.3 Å². The number of fused-ring (bicyclic) bond motifs is 2. The fourth-order valence-corrected chi connectivity index (χ4v) is 6.08. The number of hydrogen-bond acceptors (Lipinski definition) is 4. The van der Waals surface area contributed by atoms with E-state index in [1.165, 1.54) is 18.4 Å². The second-order valence-corrected chi connectivity index (χ2v) is 9.45. The predicted octanol–water partition coefficient (Wildman–Crippen LogP) is 2.90. The molecule has 4 fully saturated rings. The maximum atomic E-state index is 12.5. The lowest BCUT2D eigenvalue weighted by Gasteiger charge is -2.50. The molecule has 5 heteroatoms. The summed E-state index contributed by atoms with van der Waals surface area (Å²) in [6.07, 6.45) is 8.39. The Bertz CT molecular complexity index is 619. The topological polar surface area (TPSA) is 58.6 Å². The normalized spacial score (nSPS) is 38.7. The molecular formula is C22H34N2O3. The molecule has 0 spiro atoms. The van der Waals surface area contributed by atoms with Gasteiger partial charge >= 0.3 is 5.97 Å². The average molecular weight is 375 g/mol. The molecule has 1 N–H and O–H groups in total. The van der Waals surface area contributed by atoms with Gasteiger partial charge in [-0.2, -0.15) is 0 Å². The number of nitrogens with zero attached hydrogens (tertiary/aromatic N) is 1. The minimum Gasteiger partial charge on any atom is -0.462 e. The van der Waals surface area contributed by atoms with Crippen LogP contribution in [-0.2, 0) is 14.3 Å². The zero-order chi connectivity index (χ0) is 19.0. The molecule has 0 aromatic carbocycles. The van der Waals surface area contributed by atoms with Gasteiger partial charge in [-0.05, 0) is 62.8 Å². The largest absolute Gasteiger partial charge is 0.462 e. The lowest BCUT2D eigenvalue weighted by molar-refractivity contribution is -0.146. The highest BCUT2D eigenvalue weighted by Gasteiger charge is 2.54. The lowest BCUT2D eigenvalue weighted by atomic mass is 9.55. The number of amides is 1. The third-order valence-electron chi connectivity index (χ3n) is 7.64. The smallest absolute Gasteiger partial charge is 0.310 e. The van der Waals surface area contributed by atoms with E-state index in [0.29, 0.717) is 24.8 Å². The maximum absolute atomic E-state index is 12.5. The monoisotopic (exact) mass is 374 g/mol. The molecule has 0 unspecified atom stereocenters. The van der Waals surface area contributed by atoms with E-state index in [1.807, 2.05) is 4.90 Å². The Labute approximate surface area is 162 Å². The number of rotatable bonds is 6. The number of hydrogen-bond donors (Lipinski definition) is 1. The van der Waals surface area contributed by atoms with Gasteiger partial charge in [-0.3, -0.25) is 9.59 Å². The first kappa shape index (κ1) is 19.0. The Hall–Kier alpha value is -1.36. The van der Waals surface area contributed by atoms with Gasteiger partial charge < -0.3 is 15.0 Å². The first-order chi connectivity index (χ1) is 13.0. The molecule has 4 aliphatic rings. The third-order valence-corrected chi connectivity index (χ3v) is 7.64. The molecule has 2 heterocycles. The van der Waals surface area contributed by atoms with Crippen LogP contribution < -0.4 is 5.32 Å². The van der Waals surface area contributed by atoms with Gasteiger partial charge in [0.2, 0.25) is 5.91 Å². The summed E-state index contributed by atoms with van der Waals surface area (Å²) in [5, 5.41) is 3.46. The van der Waals surface area contributed by atoms with Crippen molar-refractivity contribution in [1.82, 2.24) is 10.2 Å². The summed E-state index contributed by atoms with van der Waals surface area (Å²) in [4.78, 5) is 26.1. The average Bonchev–Trinajstić information content (AvgIpc) is 3.15. The van der Waals surface area contributed by atoms with Gasteiger partial charge in [0.05, 0.1) is 5.92 Å². The minimum atomic E-state index is -0.0253. The number of carbonyl (C=O) groups excluding carboxylic acids is 2. The summed E-state index contributed by atoms with van der Waals surface area (Å²) in [5.41, 5.74) is 1.66. The van der Waals surface area contributed by atoms with Gasteiger partial charge in [-0.1, -0.05) is 19.1 Å². The van der Waals surface area contributed by atoms with E-state index in [4.69, 9.17) is 4.74 Å². The number of ether oxygens (including phenoxy) is 1. The van der Waals surface area contributed by atoms with Crippen LogP contribution in [0.2, 0.25) is 0 Å². The predicted molar refractivity (Wildman–Crippen MR) is 104 cm³/mol. The number of carbonyl (C=O) groups is 2. The molecule has 4 rings (SSSR count). The van der Waals surface area contributed by atoms with Gasteiger partial charge in [0, 0.05) is 32.0 Å².